The van der Waals surface area contributed by atoms with Crippen molar-refractivity contribution >= 4 is 25.7 Å². The summed E-state index contributed by atoms with van der Waals surface area (Å²) in [5, 5.41) is 38.8. The van der Waals surface area contributed by atoms with E-state index in [2.05, 4.69) is 6.92 Å². The summed E-state index contributed by atoms with van der Waals surface area (Å²) in [4.78, 5) is -1.16. The van der Waals surface area contributed by atoms with E-state index >= 15 is 0 Å². The fourth-order valence-electron chi connectivity index (χ4n) is 3.47. The molecule has 0 fully saturated rings. The lowest BCUT2D eigenvalue weighted by Gasteiger charge is -2.24. The number of rotatable bonds is 10. The molecule has 0 amide bonds. The highest BCUT2D eigenvalue weighted by molar-refractivity contribution is 8.10. The van der Waals surface area contributed by atoms with Gasteiger partial charge in [0.05, 0.1) is 15.5 Å². The molecule has 9 nitrogen and oxygen atoms in total. The third-order valence-electron chi connectivity index (χ3n) is 5.39. The normalized spacial score (nSPS) is 11.9. The second kappa shape index (κ2) is 10.4. The average Bonchev–Trinajstić information content (AvgIpc) is 2.81. The smallest absolute Gasteiger partial charge is 0.277 e. The standard InChI is InChI=1S/C24H27NO8S2/c1-2-3-4-5-6-17-7-9-18(10-8-17)25(34(30,31)19-11-13-21(26)23(28)15-19)35(32,33)20-12-14-22(27)24(29)16-20/h7-16,26-29H,2-6H2,1H3. The third-order valence-corrected chi connectivity index (χ3v) is 9.56. The molecule has 35 heavy (non-hydrogen) atoms. The van der Waals surface area contributed by atoms with Crippen LogP contribution >= 0.6 is 0 Å². The Kier molecular flexibility index (Phi) is 7.81. The summed E-state index contributed by atoms with van der Waals surface area (Å²) >= 11 is 0. The minimum Gasteiger partial charge on any atom is -0.504 e. The first kappa shape index (κ1) is 26.2. The predicted octanol–water partition coefficient (Wildman–Crippen LogP) is 4.22. The predicted molar refractivity (Wildman–Crippen MR) is 131 cm³/mol. The number of phenols is 4. The fourth-order valence-corrected chi connectivity index (χ4v) is 7.20. The number of aromatic hydroxyl groups is 4. The van der Waals surface area contributed by atoms with Crippen LogP contribution in [0.25, 0.3) is 0 Å². The Bertz CT molecular complexity index is 1320. The van der Waals surface area contributed by atoms with Gasteiger partial charge in [0.15, 0.2) is 23.0 Å². The van der Waals surface area contributed by atoms with E-state index in [1.807, 2.05) is 0 Å². The van der Waals surface area contributed by atoms with Crippen LogP contribution < -0.4 is 3.71 Å². The van der Waals surface area contributed by atoms with Gasteiger partial charge in [-0.25, -0.2) is 16.8 Å². The van der Waals surface area contributed by atoms with Gasteiger partial charge in [-0.2, -0.15) is 3.71 Å². The maximum atomic E-state index is 13.5. The van der Waals surface area contributed by atoms with Crippen molar-refractivity contribution < 1.29 is 37.3 Å². The zero-order valence-electron chi connectivity index (χ0n) is 19.0. The van der Waals surface area contributed by atoms with Crippen LogP contribution in [0.5, 0.6) is 23.0 Å². The SMILES string of the molecule is CCCCCCc1ccc(N(S(=O)(=O)c2ccc(O)c(O)c2)S(=O)(=O)c2ccc(O)c(O)c2)cc1. The molecule has 188 valence electrons. The molecule has 0 spiro atoms. The largest absolute Gasteiger partial charge is 0.504 e. The molecular weight excluding hydrogens is 494 g/mol. The van der Waals surface area contributed by atoms with Crippen molar-refractivity contribution in [3.05, 3.63) is 66.2 Å². The summed E-state index contributed by atoms with van der Waals surface area (Å²) in [6, 6.07) is 11.3. The van der Waals surface area contributed by atoms with E-state index in [1.54, 1.807) is 12.1 Å². The number of anilines is 1. The fraction of sp³-hybridized carbons (Fsp3) is 0.250. The molecule has 3 aromatic carbocycles. The number of hydrogen-bond acceptors (Lipinski definition) is 8. The summed E-state index contributed by atoms with van der Waals surface area (Å²) in [6.07, 6.45) is 4.91. The van der Waals surface area contributed by atoms with Crippen LogP contribution in [0.3, 0.4) is 0 Å². The summed E-state index contributed by atoms with van der Waals surface area (Å²) in [5.74, 6) is -2.63. The molecular formula is C24H27NO8S2. The minimum absolute atomic E-state index is 0.192. The number of benzene rings is 3. The van der Waals surface area contributed by atoms with E-state index < -0.39 is 52.8 Å². The molecule has 0 saturated carbocycles. The summed E-state index contributed by atoms with van der Waals surface area (Å²) in [5.41, 5.74) is 0.714. The van der Waals surface area contributed by atoms with Gasteiger partial charge in [0, 0.05) is 12.1 Å². The lowest BCUT2D eigenvalue weighted by molar-refractivity contribution is 0.402. The van der Waals surface area contributed by atoms with Gasteiger partial charge >= 0.3 is 0 Å². The zero-order valence-corrected chi connectivity index (χ0v) is 20.6. The molecule has 4 N–H and O–H groups in total. The minimum atomic E-state index is -4.83. The van der Waals surface area contributed by atoms with E-state index in [0.29, 0.717) is 0 Å². The summed E-state index contributed by atoms with van der Waals surface area (Å²) in [6.45, 7) is 2.10. The number of hydrogen-bond donors (Lipinski definition) is 4. The molecule has 0 aliphatic rings. The monoisotopic (exact) mass is 521 g/mol. The Morgan fingerprint density at radius 3 is 1.54 bits per heavy atom. The van der Waals surface area contributed by atoms with Gasteiger partial charge in [0.25, 0.3) is 20.0 Å². The average molecular weight is 522 g/mol. The lowest BCUT2D eigenvalue weighted by atomic mass is 10.1. The molecule has 0 bridgehead atoms. The van der Waals surface area contributed by atoms with Crippen LogP contribution in [0.15, 0.2) is 70.5 Å². The first-order valence-corrected chi connectivity index (χ1v) is 13.8. The Balaban J connectivity index is 2.12. The first-order chi connectivity index (χ1) is 16.5. The highest BCUT2D eigenvalue weighted by Gasteiger charge is 2.37. The molecule has 0 unspecified atom stereocenters. The van der Waals surface area contributed by atoms with Crippen LogP contribution in [0.4, 0.5) is 5.69 Å². The molecule has 11 heteroatoms. The molecule has 0 radical (unpaired) electrons. The Morgan fingerprint density at radius 2 is 1.11 bits per heavy atom. The van der Waals surface area contributed by atoms with E-state index in [1.165, 1.54) is 12.1 Å². The number of nitrogens with zero attached hydrogens (tertiary/aromatic N) is 1. The van der Waals surface area contributed by atoms with Crippen molar-refractivity contribution in [3.8, 4) is 23.0 Å². The topological polar surface area (TPSA) is 152 Å². The first-order valence-electron chi connectivity index (χ1n) is 10.9. The van der Waals surface area contributed by atoms with Gasteiger partial charge in [-0.15, -0.1) is 0 Å². The highest BCUT2D eigenvalue weighted by Crippen LogP contribution is 2.36. The molecule has 3 rings (SSSR count). The second-order valence-electron chi connectivity index (χ2n) is 7.99. The van der Waals surface area contributed by atoms with Crippen molar-refractivity contribution in [2.24, 2.45) is 0 Å². The second-order valence-corrected chi connectivity index (χ2v) is 11.8. The van der Waals surface area contributed by atoms with Crippen molar-refractivity contribution in [1.82, 2.24) is 0 Å². The van der Waals surface area contributed by atoms with Crippen molar-refractivity contribution in [2.45, 2.75) is 48.8 Å². The van der Waals surface area contributed by atoms with Gasteiger partial charge < -0.3 is 20.4 Å². The van der Waals surface area contributed by atoms with Crippen molar-refractivity contribution in [2.75, 3.05) is 3.71 Å². The van der Waals surface area contributed by atoms with Crippen molar-refractivity contribution in [1.29, 1.82) is 0 Å². The molecule has 3 aromatic rings. The molecule has 0 aliphatic carbocycles. The van der Waals surface area contributed by atoms with Crippen molar-refractivity contribution in [3.63, 3.8) is 0 Å². The highest BCUT2D eigenvalue weighted by atomic mass is 32.3. The number of phenolic OH excluding ortho intramolecular Hbond substituents is 4. The van der Waals surface area contributed by atoms with Gasteiger partial charge in [-0.1, -0.05) is 38.3 Å². The van der Waals surface area contributed by atoms with Crippen LogP contribution in [0.1, 0.15) is 38.2 Å². The summed E-state index contributed by atoms with van der Waals surface area (Å²) in [7, 11) is -9.66. The molecule has 0 saturated heterocycles. The molecule has 0 aromatic heterocycles. The lowest BCUT2D eigenvalue weighted by Crippen LogP contribution is -2.37. The molecule has 0 aliphatic heterocycles. The zero-order chi connectivity index (χ0) is 25.8. The van der Waals surface area contributed by atoms with Crippen LogP contribution in [0.2, 0.25) is 0 Å². The van der Waals surface area contributed by atoms with E-state index in [0.717, 1.165) is 74.1 Å². The van der Waals surface area contributed by atoms with Crippen LogP contribution in [-0.2, 0) is 26.5 Å². The molecule has 0 atom stereocenters. The van der Waals surface area contributed by atoms with Gasteiger partial charge in [-0.05, 0) is 54.8 Å². The summed E-state index contributed by atoms with van der Waals surface area (Å²) < 4.78 is 54.3. The van der Waals surface area contributed by atoms with Gasteiger partial charge in [0.2, 0.25) is 0 Å². The number of aryl methyl sites for hydroxylation is 1. The Hall–Kier alpha value is -3.44. The Labute approximate surface area is 204 Å². The van der Waals surface area contributed by atoms with Crippen LogP contribution in [0, 0.1) is 0 Å². The maximum absolute atomic E-state index is 13.5. The molecule has 0 heterocycles. The van der Waals surface area contributed by atoms with E-state index in [9.17, 15) is 37.3 Å². The Morgan fingerprint density at radius 1 is 0.629 bits per heavy atom. The third kappa shape index (κ3) is 5.63. The van der Waals surface area contributed by atoms with Crippen LogP contribution in [-0.4, -0.2) is 37.3 Å². The maximum Gasteiger partial charge on any atom is 0.277 e. The van der Waals surface area contributed by atoms with E-state index in [-0.39, 0.29) is 9.40 Å². The number of sulfonamides is 2. The van der Waals surface area contributed by atoms with E-state index in [4.69, 9.17) is 0 Å². The van der Waals surface area contributed by atoms with Gasteiger partial charge in [-0.3, -0.25) is 0 Å². The number of unbranched alkanes of at least 4 members (excludes halogenated alkanes) is 3. The quantitative estimate of drug-likeness (QED) is 0.229. The van der Waals surface area contributed by atoms with Gasteiger partial charge in [0.1, 0.15) is 0 Å².